The summed E-state index contributed by atoms with van der Waals surface area (Å²) in [6.07, 6.45) is 6.46. The lowest BCUT2D eigenvalue weighted by atomic mass is 9.93. The summed E-state index contributed by atoms with van der Waals surface area (Å²) in [5.41, 5.74) is 1.06. The van der Waals surface area contributed by atoms with E-state index in [2.05, 4.69) is 43.1 Å². The second-order valence-electron chi connectivity index (χ2n) is 5.55. The van der Waals surface area contributed by atoms with Crippen LogP contribution in [0.25, 0.3) is 0 Å². The Morgan fingerprint density at radius 1 is 1.38 bits per heavy atom. The average molecular weight is 357 g/mol. The van der Waals surface area contributed by atoms with Crippen molar-refractivity contribution in [1.82, 2.24) is 9.97 Å². The molecule has 6 heteroatoms. The summed E-state index contributed by atoms with van der Waals surface area (Å²) in [6, 6.07) is 0.422. The molecule has 21 heavy (non-hydrogen) atoms. The fourth-order valence-electron chi connectivity index (χ4n) is 2.47. The molecule has 1 aromatic rings. The summed E-state index contributed by atoms with van der Waals surface area (Å²) < 4.78 is 6.14. The molecule has 0 aliphatic heterocycles. The molecule has 116 valence electrons. The van der Waals surface area contributed by atoms with Crippen LogP contribution < -0.4 is 10.6 Å². The predicted octanol–water partition coefficient (Wildman–Crippen LogP) is 3.60. The van der Waals surface area contributed by atoms with E-state index in [0.717, 1.165) is 47.5 Å². The normalized spacial score (nSPS) is 21.9. The first-order chi connectivity index (χ1) is 10.1. The summed E-state index contributed by atoms with van der Waals surface area (Å²) in [4.78, 5) is 8.90. The van der Waals surface area contributed by atoms with Crippen LogP contribution in [0.1, 0.15) is 32.6 Å². The van der Waals surface area contributed by atoms with Crippen LogP contribution in [0, 0.1) is 0 Å². The molecule has 0 atom stereocenters. The van der Waals surface area contributed by atoms with Crippen LogP contribution in [-0.4, -0.2) is 35.8 Å². The minimum Gasteiger partial charge on any atom is -0.381 e. The van der Waals surface area contributed by atoms with E-state index in [9.17, 15) is 0 Å². The molecule has 0 amide bonds. The molecule has 2 rings (SSSR count). The Balaban J connectivity index is 2.01. The Kier molecular flexibility index (Phi) is 5.99. The zero-order chi connectivity index (χ0) is 15.2. The number of methoxy groups -OCH3 is 1. The second-order valence-corrected chi connectivity index (χ2v) is 6.37. The van der Waals surface area contributed by atoms with Gasteiger partial charge in [0.05, 0.1) is 12.3 Å². The van der Waals surface area contributed by atoms with Crippen LogP contribution in [0.15, 0.2) is 23.0 Å². The number of aromatic nitrogens is 2. The minimum absolute atomic E-state index is 0.401. The SMILES string of the molecule is C=[13C](C)[13CH2]Nc1ncc(Br)nc1NC1CCC(OC)CC1. The van der Waals surface area contributed by atoms with Crippen molar-refractivity contribution < 1.29 is 4.74 Å². The fraction of sp³-hybridized carbons (Fsp3) is 0.600. The largest absolute Gasteiger partial charge is 0.381 e. The van der Waals surface area contributed by atoms with Gasteiger partial charge in [-0.3, -0.25) is 0 Å². The second kappa shape index (κ2) is 7.75. The van der Waals surface area contributed by atoms with Crippen molar-refractivity contribution in [2.24, 2.45) is 0 Å². The van der Waals surface area contributed by atoms with Crippen molar-refractivity contribution in [3.8, 4) is 0 Å². The van der Waals surface area contributed by atoms with E-state index in [1.165, 1.54) is 0 Å². The molecular formula is C15H23BrN4O. The van der Waals surface area contributed by atoms with Crippen molar-refractivity contribution in [2.75, 3.05) is 24.3 Å². The van der Waals surface area contributed by atoms with Gasteiger partial charge in [0.25, 0.3) is 0 Å². The van der Waals surface area contributed by atoms with Gasteiger partial charge in [0, 0.05) is 19.7 Å². The van der Waals surface area contributed by atoms with Gasteiger partial charge >= 0.3 is 0 Å². The highest BCUT2D eigenvalue weighted by atomic mass is 79.9. The van der Waals surface area contributed by atoms with Crippen LogP contribution in [0.5, 0.6) is 0 Å². The van der Waals surface area contributed by atoms with Gasteiger partial charge in [0.1, 0.15) is 4.60 Å². The van der Waals surface area contributed by atoms with Crippen molar-refractivity contribution in [1.29, 1.82) is 0 Å². The van der Waals surface area contributed by atoms with Crippen LogP contribution >= 0.6 is 15.9 Å². The molecule has 2 N–H and O–H groups in total. The lowest BCUT2D eigenvalue weighted by molar-refractivity contribution is 0.0681. The maximum Gasteiger partial charge on any atom is 0.170 e. The van der Waals surface area contributed by atoms with Gasteiger partial charge in [-0.1, -0.05) is 12.2 Å². The number of hydrogen-bond donors (Lipinski definition) is 2. The van der Waals surface area contributed by atoms with Gasteiger partial charge in [-0.25, -0.2) is 9.97 Å². The van der Waals surface area contributed by atoms with Crippen LogP contribution in [0.3, 0.4) is 0 Å². The third-order valence-corrected chi connectivity index (χ3v) is 4.03. The van der Waals surface area contributed by atoms with Crippen LogP contribution in [0.4, 0.5) is 11.6 Å². The Bertz CT molecular complexity index is 487. The molecule has 5 nitrogen and oxygen atoms in total. The highest BCUT2D eigenvalue weighted by Gasteiger charge is 2.22. The van der Waals surface area contributed by atoms with E-state index in [1.54, 1.807) is 13.3 Å². The van der Waals surface area contributed by atoms with Crippen LogP contribution in [-0.2, 0) is 4.74 Å². The maximum absolute atomic E-state index is 5.41. The quantitative estimate of drug-likeness (QED) is 0.602. The number of rotatable bonds is 6. The number of halogens is 1. The summed E-state index contributed by atoms with van der Waals surface area (Å²) >= 11 is 3.38. The first-order valence-electron chi connectivity index (χ1n) is 7.28. The number of nitrogens with one attached hydrogen (secondary N) is 2. The zero-order valence-electron chi connectivity index (χ0n) is 12.7. The monoisotopic (exact) mass is 356 g/mol. The topological polar surface area (TPSA) is 59.1 Å². The van der Waals surface area contributed by atoms with Gasteiger partial charge in [-0.05, 0) is 48.5 Å². The molecule has 1 aromatic heterocycles. The van der Waals surface area contributed by atoms with Crippen LogP contribution in [0.2, 0.25) is 0 Å². The van der Waals surface area contributed by atoms with Gasteiger partial charge in [0.15, 0.2) is 11.6 Å². The number of ether oxygens (including phenoxy) is 1. The highest BCUT2D eigenvalue weighted by Crippen LogP contribution is 2.26. The summed E-state index contributed by atoms with van der Waals surface area (Å²) in [6.45, 7) is 6.58. The third-order valence-electron chi connectivity index (χ3n) is 3.65. The first-order valence-corrected chi connectivity index (χ1v) is 8.08. The van der Waals surface area contributed by atoms with E-state index >= 15 is 0 Å². The van der Waals surface area contributed by atoms with E-state index in [-0.39, 0.29) is 0 Å². The molecule has 0 aromatic carbocycles. The Labute approximate surface area is 134 Å². The molecule has 0 radical (unpaired) electrons. The molecule has 0 saturated heterocycles. The maximum atomic E-state index is 5.41. The molecule has 1 fully saturated rings. The van der Waals surface area contributed by atoms with Gasteiger partial charge < -0.3 is 15.4 Å². The number of hydrogen-bond acceptors (Lipinski definition) is 5. The Morgan fingerprint density at radius 2 is 2.10 bits per heavy atom. The average Bonchev–Trinajstić information content (AvgIpc) is 2.47. The first kappa shape index (κ1) is 16.2. The number of anilines is 2. The van der Waals surface area contributed by atoms with Gasteiger partial charge in [-0.15, -0.1) is 0 Å². The van der Waals surface area contributed by atoms with Crippen molar-refractivity contribution >= 4 is 27.6 Å². The molecule has 1 heterocycles. The molecule has 0 unspecified atom stereocenters. The molecule has 1 saturated carbocycles. The molecule has 1 aliphatic rings. The van der Waals surface area contributed by atoms with E-state index < -0.39 is 0 Å². The standard InChI is InChI=1S/C15H23BrN4O/c1-10(2)8-17-14-15(20-13(16)9-18-14)19-11-4-6-12(21-3)7-5-11/h9,11-12H,1,4-8H2,2-3H3,(H,17,18)(H,19,20)/i8+1,10+1. The Hall–Kier alpha value is -1.14. The van der Waals surface area contributed by atoms with Crippen molar-refractivity contribution in [3.05, 3.63) is 23.0 Å². The van der Waals surface area contributed by atoms with Crippen molar-refractivity contribution in [3.63, 3.8) is 0 Å². The molecular weight excluding hydrogens is 334 g/mol. The lowest BCUT2D eigenvalue weighted by Crippen LogP contribution is -2.30. The smallest absolute Gasteiger partial charge is 0.170 e. The summed E-state index contributed by atoms with van der Waals surface area (Å²) in [5, 5.41) is 6.78. The van der Waals surface area contributed by atoms with E-state index in [4.69, 9.17) is 4.74 Å². The third kappa shape index (κ3) is 4.97. The predicted molar refractivity (Wildman–Crippen MR) is 89.7 cm³/mol. The minimum atomic E-state index is 0.401. The Morgan fingerprint density at radius 3 is 2.71 bits per heavy atom. The number of nitrogens with zero attached hydrogens (tertiary/aromatic N) is 2. The summed E-state index contributed by atoms with van der Waals surface area (Å²) in [5.74, 6) is 1.57. The van der Waals surface area contributed by atoms with E-state index in [0.29, 0.717) is 18.7 Å². The van der Waals surface area contributed by atoms with Gasteiger partial charge in [0.2, 0.25) is 0 Å². The molecule has 1 aliphatic carbocycles. The molecule has 0 bridgehead atoms. The highest BCUT2D eigenvalue weighted by molar-refractivity contribution is 9.10. The summed E-state index contributed by atoms with van der Waals surface area (Å²) in [7, 11) is 1.79. The van der Waals surface area contributed by atoms with E-state index in [1.807, 2.05) is 6.92 Å². The molecule has 0 spiro atoms. The van der Waals surface area contributed by atoms with Crippen molar-refractivity contribution in [2.45, 2.75) is 44.8 Å². The fourth-order valence-corrected chi connectivity index (χ4v) is 2.75. The van der Waals surface area contributed by atoms with Gasteiger partial charge in [-0.2, -0.15) is 0 Å². The lowest BCUT2D eigenvalue weighted by Gasteiger charge is -2.29. The zero-order valence-corrected chi connectivity index (χ0v) is 14.2.